The van der Waals surface area contributed by atoms with Crippen LogP contribution in [0.25, 0.3) is 11.0 Å². The van der Waals surface area contributed by atoms with Crippen LogP contribution in [0, 0.1) is 0 Å². The standard InChI is InChI=1S/C17H21NO3/c1-18(12-17(20)8-4-5-9-17)11-14(19)16-10-13-6-2-3-7-15(13)21-16/h2-3,6-7,10,20H,4-5,8-9,11-12H2,1H3. The number of para-hydroxylation sites is 1. The van der Waals surface area contributed by atoms with E-state index in [1.54, 1.807) is 6.07 Å². The second-order valence-electron chi connectivity index (χ2n) is 6.18. The van der Waals surface area contributed by atoms with Crippen LogP contribution in [0.2, 0.25) is 0 Å². The Labute approximate surface area is 124 Å². The second kappa shape index (κ2) is 5.62. The monoisotopic (exact) mass is 287 g/mol. The number of ketones is 1. The molecule has 0 atom stereocenters. The predicted molar refractivity (Wildman–Crippen MR) is 81.5 cm³/mol. The highest BCUT2D eigenvalue weighted by atomic mass is 16.3. The lowest BCUT2D eigenvalue weighted by Gasteiger charge is -2.27. The molecule has 3 rings (SSSR count). The molecule has 1 N–H and O–H groups in total. The molecule has 2 aromatic rings. The Morgan fingerprint density at radius 2 is 2.05 bits per heavy atom. The first-order chi connectivity index (χ1) is 10.1. The fourth-order valence-electron chi connectivity index (χ4n) is 3.19. The Bertz CT molecular complexity index is 607. The number of furan rings is 1. The topological polar surface area (TPSA) is 53.7 Å². The van der Waals surface area contributed by atoms with Crippen molar-refractivity contribution in [3.63, 3.8) is 0 Å². The van der Waals surface area contributed by atoms with Gasteiger partial charge in [-0.2, -0.15) is 0 Å². The van der Waals surface area contributed by atoms with Gasteiger partial charge in [-0.05, 0) is 32.0 Å². The van der Waals surface area contributed by atoms with E-state index in [0.29, 0.717) is 12.3 Å². The predicted octanol–water partition coefficient (Wildman–Crippen LogP) is 2.85. The van der Waals surface area contributed by atoms with Crippen molar-refractivity contribution >= 4 is 16.8 Å². The van der Waals surface area contributed by atoms with Gasteiger partial charge in [0.1, 0.15) is 5.58 Å². The average Bonchev–Trinajstić information content (AvgIpc) is 3.04. The van der Waals surface area contributed by atoms with Gasteiger partial charge < -0.3 is 9.52 Å². The number of Topliss-reactive ketones (excluding diaryl/α,β-unsaturated/α-hetero) is 1. The molecule has 1 aliphatic carbocycles. The third-order valence-corrected chi connectivity index (χ3v) is 4.21. The second-order valence-corrected chi connectivity index (χ2v) is 6.18. The molecule has 0 amide bonds. The van der Waals surface area contributed by atoms with E-state index >= 15 is 0 Å². The minimum atomic E-state index is -0.622. The van der Waals surface area contributed by atoms with Gasteiger partial charge in [0, 0.05) is 11.9 Å². The number of aliphatic hydroxyl groups is 1. The smallest absolute Gasteiger partial charge is 0.211 e. The number of rotatable bonds is 5. The first kappa shape index (κ1) is 14.3. The van der Waals surface area contributed by atoms with Gasteiger partial charge in [-0.25, -0.2) is 0 Å². The fraction of sp³-hybridized carbons (Fsp3) is 0.471. The Morgan fingerprint density at radius 3 is 2.76 bits per heavy atom. The molecule has 4 nitrogen and oxygen atoms in total. The molecule has 0 saturated heterocycles. The number of nitrogens with zero attached hydrogens (tertiary/aromatic N) is 1. The van der Waals surface area contributed by atoms with Crippen molar-refractivity contribution in [1.82, 2.24) is 4.90 Å². The maximum Gasteiger partial charge on any atom is 0.211 e. The van der Waals surface area contributed by atoms with Crippen LogP contribution in [0.5, 0.6) is 0 Å². The lowest BCUT2D eigenvalue weighted by molar-refractivity contribution is 0.0170. The van der Waals surface area contributed by atoms with Crippen molar-refractivity contribution in [1.29, 1.82) is 0 Å². The summed E-state index contributed by atoms with van der Waals surface area (Å²) in [7, 11) is 1.87. The molecule has 1 aromatic carbocycles. The Morgan fingerprint density at radius 1 is 1.33 bits per heavy atom. The molecule has 1 fully saturated rings. The summed E-state index contributed by atoms with van der Waals surface area (Å²) in [6, 6.07) is 9.39. The molecule has 0 radical (unpaired) electrons. The molecule has 0 aliphatic heterocycles. The molecule has 0 unspecified atom stereocenters. The van der Waals surface area contributed by atoms with Gasteiger partial charge in [0.05, 0.1) is 12.1 Å². The minimum Gasteiger partial charge on any atom is -0.453 e. The van der Waals surface area contributed by atoms with Crippen molar-refractivity contribution in [3.05, 3.63) is 36.1 Å². The Kier molecular flexibility index (Phi) is 3.83. The highest BCUT2D eigenvalue weighted by molar-refractivity contribution is 5.98. The van der Waals surface area contributed by atoms with Gasteiger partial charge in [0.25, 0.3) is 0 Å². The van der Waals surface area contributed by atoms with Gasteiger partial charge in [-0.15, -0.1) is 0 Å². The summed E-state index contributed by atoms with van der Waals surface area (Å²) in [5.74, 6) is 0.344. The summed E-state index contributed by atoms with van der Waals surface area (Å²) < 4.78 is 5.59. The van der Waals surface area contributed by atoms with E-state index in [0.717, 1.165) is 36.7 Å². The zero-order valence-corrected chi connectivity index (χ0v) is 12.3. The SMILES string of the molecule is CN(CC(=O)c1cc2ccccc2o1)CC1(O)CCCC1. The van der Waals surface area contributed by atoms with Gasteiger partial charge in [-0.3, -0.25) is 9.69 Å². The normalized spacial score (nSPS) is 17.7. The first-order valence-corrected chi connectivity index (χ1v) is 7.48. The number of carbonyl (C=O) groups excluding carboxylic acids is 1. The lowest BCUT2D eigenvalue weighted by atomic mass is 10.0. The summed E-state index contributed by atoms with van der Waals surface area (Å²) in [6.07, 6.45) is 3.80. The third kappa shape index (κ3) is 3.17. The maximum atomic E-state index is 12.3. The Hall–Kier alpha value is -1.65. The van der Waals surface area contributed by atoms with Crippen LogP contribution in [0.1, 0.15) is 36.2 Å². The quantitative estimate of drug-likeness (QED) is 0.859. The van der Waals surface area contributed by atoms with Crippen molar-refractivity contribution in [3.8, 4) is 0 Å². The third-order valence-electron chi connectivity index (χ3n) is 4.21. The van der Waals surface area contributed by atoms with Gasteiger partial charge in [0.15, 0.2) is 5.76 Å². The van der Waals surface area contributed by atoms with Crippen LogP contribution >= 0.6 is 0 Å². The summed E-state index contributed by atoms with van der Waals surface area (Å²) in [5.41, 5.74) is 0.112. The van der Waals surface area contributed by atoms with Crippen LogP contribution < -0.4 is 0 Å². The van der Waals surface area contributed by atoms with E-state index in [1.165, 1.54) is 0 Å². The molecule has 112 valence electrons. The van der Waals surface area contributed by atoms with Gasteiger partial charge >= 0.3 is 0 Å². The lowest BCUT2D eigenvalue weighted by Crippen LogP contribution is -2.41. The number of likely N-dealkylation sites (N-methyl/N-ethyl adjacent to an activating group) is 1. The molecule has 1 heterocycles. The highest BCUT2D eigenvalue weighted by Crippen LogP contribution is 2.30. The van der Waals surface area contributed by atoms with Crippen molar-refractivity contribution in [2.45, 2.75) is 31.3 Å². The molecule has 0 spiro atoms. The first-order valence-electron chi connectivity index (χ1n) is 7.48. The minimum absolute atomic E-state index is 0.0460. The number of benzene rings is 1. The van der Waals surface area contributed by atoms with Crippen molar-refractivity contribution < 1.29 is 14.3 Å². The van der Waals surface area contributed by atoms with Crippen LogP contribution in [-0.2, 0) is 0 Å². The Balaban J connectivity index is 1.65. The summed E-state index contributed by atoms with van der Waals surface area (Å²) in [6.45, 7) is 0.807. The van der Waals surface area contributed by atoms with Crippen LogP contribution in [-0.4, -0.2) is 41.5 Å². The number of hydrogen-bond acceptors (Lipinski definition) is 4. The summed E-state index contributed by atoms with van der Waals surface area (Å²) >= 11 is 0. The molecular weight excluding hydrogens is 266 g/mol. The van der Waals surface area contributed by atoms with Crippen molar-refractivity contribution in [2.75, 3.05) is 20.1 Å². The van der Waals surface area contributed by atoms with E-state index in [-0.39, 0.29) is 12.3 Å². The molecule has 4 heteroatoms. The number of carbonyl (C=O) groups is 1. The largest absolute Gasteiger partial charge is 0.453 e. The summed E-state index contributed by atoms with van der Waals surface area (Å²) in [4.78, 5) is 14.2. The van der Waals surface area contributed by atoms with Crippen LogP contribution in [0.3, 0.4) is 0 Å². The van der Waals surface area contributed by atoms with Crippen LogP contribution in [0.15, 0.2) is 34.7 Å². The molecule has 1 aliphatic rings. The van der Waals surface area contributed by atoms with E-state index in [1.807, 2.05) is 36.2 Å². The molecule has 21 heavy (non-hydrogen) atoms. The molecule has 0 bridgehead atoms. The number of hydrogen-bond donors (Lipinski definition) is 1. The fourth-order valence-corrected chi connectivity index (χ4v) is 3.19. The average molecular weight is 287 g/mol. The van der Waals surface area contributed by atoms with E-state index in [4.69, 9.17) is 4.42 Å². The number of fused-ring (bicyclic) bond motifs is 1. The summed E-state index contributed by atoms with van der Waals surface area (Å²) in [5, 5.41) is 11.3. The van der Waals surface area contributed by atoms with Gasteiger partial charge in [0.2, 0.25) is 5.78 Å². The molecular formula is C17H21NO3. The van der Waals surface area contributed by atoms with Crippen molar-refractivity contribution in [2.24, 2.45) is 0 Å². The maximum absolute atomic E-state index is 12.3. The van der Waals surface area contributed by atoms with Gasteiger partial charge in [-0.1, -0.05) is 31.0 Å². The van der Waals surface area contributed by atoms with E-state index in [9.17, 15) is 9.90 Å². The highest BCUT2D eigenvalue weighted by Gasteiger charge is 2.32. The van der Waals surface area contributed by atoms with E-state index in [2.05, 4.69) is 0 Å². The zero-order chi connectivity index (χ0) is 14.9. The molecule has 1 saturated carbocycles. The zero-order valence-electron chi connectivity index (χ0n) is 12.3. The van der Waals surface area contributed by atoms with E-state index < -0.39 is 5.60 Å². The van der Waals surface area contributed by atoms with Crippen LogP contribution in [0.4, 0.5) is 0 Å². The molecule has 1 aromatic heterocycles.